The predicted molar refractivity (Wildman–Crippen MR) is 82.1 cm³/mol. The lowest BCUT2D eigenvalue weighted by atomic mass is 10.1. The molecule has 0 saturated heterocycles. The summed E-state index contributed by atoms with van der Waals surface area (Å²) in [5.74, 6) is 1.21. The summed E-state index contributed by atoms with van der Waals surface area (Å²) in [5.41, 5.74) is 8.24. The Bertz CT molecular complexity index is 866. The van der Waals surface area contributed by atoms with Crippen LogP contribution in [0.1, 0.15) is 11.1 Å². The Hall–Kier alpha value is -3.06. The van der Waals surface area contributed by atoms with Gasteiger partial charge in [0.2, 0.25) is 0 Å². The van der Waals surface area contributed by atoms with Gasteiger partial charge in [0.15, 0.2) is 5.75 Å². The molecule has 0 saturated carbocycles. The van der Waals surface area contributed by atoms with Gasteiger partial charge in [0, 0.05) is 23.2 Å². The van der Waals surface area contributed by atoms with E-state index >= 15 is 0 Å². The maximum absolute atomic E-state index is 8.98. The van der Waals surface area contributed by atoms with Crippen LogP contribution in [-0.4, -0.2) is 4.98 Å². The third kappa shape index (κ3) is 2.37. The van der Waals surface area contributed by atoms with Crippen LogP contribution in [0.25, 0.3) is 10.8 Å². The number of pyridine rings is 1. The molecule has 1 aromatic heterocycles. The van der Waals surface area contributed by atoms with Gasteiger partial charge in [-0.2, -0.15) is 5.26 Å². The van der Waals surface area contributed by atoms with Crippen molar-refractivity contribution in [3.63, 3.8) is 0 Å². The van der Waals surface area contributed by atoms with Crippen molar-refractivity contribution in [1.82, 2.24) is 4.98 Å². The SMILES string of the molecule is Cc1ccc(C#N)cc1Oc1ccc2cnccc2c1N. The van der Waals surface area contributed by atoms with Crippen molar-refractivity contribution < 1.29 is 4.74 Å². The molecule has 0 aliphatic carbocycles. The normalized spacial score (nSPS) is 10.3. The molecule has 1 heterocycles. The number of ether oxygens (including phenoxy) is 1. The number of hydrogen-bond donors (Lipinski definition) is 1. The molecule has 0 bridgehead atoms. The van der Waals surface area contributed by atoms with E-state index in [0.717, 1.165) is 16.3 Å². The number of nitriles is 1. The minimum Gasteiger partial charge on any atom is -0.455 e. The molecule has 4 heteroatoms. The molecular weight excluding hydrogens is 262 g/mol. The molecule has 0 aliphatic heterocycles. The number of anilines is 1. The number of aromatic nitrogens is 1. The lowest BCUT2D eigenvalue weighted by Gasteiger charge is -2.12. The summed E-state index contributed by atoms with van der Waals surface area (Å²) in [5, 5.41) is 10.8. The maximum atomic E-state index is 8.98. The van der Waals surface area contributed by atoms with E-state index < -0.39 is 0 Å². The van der Waals surface area contributed by atoms with Gasteiger partial charge in [-0.1, -0.05) is 6.07 Å². The van der Waals surface area contributed by atoms with Gasteiger partial charge in [-0.05, 0) is 42.8 Å². The summed E-state index contributed by atoms with van der Waals surface area (Å²) in [6, 6.07) is 13.0. The minimum atomic E-state index is 0.555. The Balaban J connectivity index is 2.06. The highest BCUT2D eigenvalue weighted by atomic mass is 16.5. The van der Waals surface area contributed by atoms with Crippen molar-refractivity contribution in [2.75, 3.05) is 5.73 Å². The molecule has 0 radical (unpaired) electrons. The molecule has 2 N–H and O–H groups in total. The molecule has 0 unspecified atom stereocenters. The van der Waals surface area contributed by atoms with Crippen LogP contribution in [0.15, 0.2) is 48.8 Å². The summed E-state index contributed by atoms with van der Waals surface area (Å²) >= 11 is 0. The van der Waals surface area contributed by atoms with Gasteiger partial charge in [0.25, 0.3) is 0 Å². The van der Waals surface area contributed by atoms with Crippen LogP contribution in [0.2, 0.25) is 0 Å². The monoisotopic (exact) mass is 275 g/mol. The number of hydrogen-bond acceptors (Lipinski definition) is 4. The van der Waals surface area contributed by atoms with Crippen molar-refractivity contribution in [3.05, 3.63) is 59.9 Å². The Labute approximate surface area is 122 Å². The van der Waals surface area contributed by atoms with E-state index in [-0.39, 0.29) is 0 Å². The summed E-state index contributed by atoms with van der Waals surface area (Å²) in [6.45, 7) is 1.93. The lowest BCUT2D eigenvalue weighted by molar-refractivity contribution is 0.482. The zero-order valence-electron chi connectivity index (χ0n) is 11.5. The molecule has 102 valence electrons. The second kappa shape index (κ2) is 5.14. The average molecular weight is 275 g/mol. The first-order valence-corrected chi connectivity index (χ1v) is 6.50. The molecule has 3 aromatic rings. The highest BCUT2D eigenvalue weighted by Crippen LogP contribution is 2.34. The van der Waals surface area contributed by atoms with Gasteiger partial charge in [-0.15, -0.1) is 0 Å². The highest BCUT2D eigenvalue weighted by molar-refractivity contribution is 5.95. The van der Waals surface area contributed by atoms with Crippen LogP contribution >= 0.6 is 0 Å². The Morgan fingerprint density at radius 2 is 2.00 bits per heavy atom. The Kier molecular flexibility index (Phi) is 3.17. The predicted octanol–water partition coefficient (Wildman–Crippen LogP) is 3.79. The Morgan fingerprint density at radius 3 is 2.81 bits per heavy atom. The quantitative estimate of drug-likeness (QED) is 0.722. The second-order valence-corrected chi connectivity index (χ2v) is 4.77. The fourth-order valence-corrected chi connectivity index (χ4v) is 2.16. The first kappa shape index (κ1) is 12.9. The molecule has 2 aromatic carbocycles. The molecule has 3 rings (SSSR count). The van der Waals surface area contributed by atoms with E-state index in [1.807, 2.05) is 31.2 Å². The third-order valence-electron chi connectivity index (χ3n) is 3.36. The van der Waals surface area contributed by atoms with Crippen molar-refractivity contribution in [3.8, 4) is 17.6 Å². The van der Waals surface area contributed by atoms with Gasteiger partial charge in [0.05, 0.1) is 17.3 Å². The lowest BCUT2D eigenvalue weighted by Crippen LogP contribution is -1.95. The molecule has 0 aliphatic rings. The fraction of sp³-hybridized carbons (Fsp3) is 0.0588. The summed E-state index contributed by atoms with van der Waals surface area (Å²) in [6.07, 6.45) is 3.46. The van der Waals surface area contributed by atoms with Crippen molar-refractivity contribution >= 4 is 16.5 Å². The number of nitrogen functional groups attached to an aromatic ring is 1. The molecule has 4 nitrogen and oxygen atoms in total. The molecule has 0 amide bonds. The largest absolute Gasteiger partial charge is 0.455 e. The summed E-state index contributed by atoms with van der Waals surface area (Å²) in [4.78, 5) is 4.07. The molecule has 0 atom stereocenters. The number of benzene rings is 2. The molecule has 21 heavy (non-hydrogen) atoms. The van der Waals surface area contributed by atoms with Gasteiger partial charge in [0.1, 0.15) is 5.75 Å². The van der Waals surface area contributed by atoms with Gasteiger partial charge in [-0.25, -0.2) is 0 Å². The van der Waals surface area contributed by atoms with Gasteiger partial charge in [-0.3, -0.25) is 4.98 Å². The number of aryl methyl sites for hydroxylation is 1. The van der Waals surface area contributed by atoms with E-state index in [2.05, 4.69) is 11.1 Å². The zero-order chi connectivity index (χ0) is 14.8. The smallest absolute Gasteiger partial charge is 0.150 e. The van der Waals surface area contributed by atoms with E-state index in [0.29, 0.717) is 22.7 Å². The fourth-order valence-electron chi connectivity index (χ4n) is 2.16. The van der Waals surface area contributed by atoms with E-state index in [1.54, 1.807) is 24.5 Å². The second-order valence-electron chi connectivity index (χ2n) is 4.77. The average Bonchev–Trinajstić information content (AvgIpc) is 2.52. The van der Waals surface area contributed by atoms with Crippen LogP contribution in [0.4, 0.5) is 5.69 Å². The standard InChI is InChI=1S/C17H13N3O/c1-11-2-3-12(9-18)8-16(11)21-15-5-4-13-10-20-7-6-14(13)17(15)19/h2-8,10H,19H2,1H3. The van der Waals surface area contributed by atoms with Crippen molar-refractivity contribution in [1.29, 1.82) is 5.26 Å². The summed E-state index contributed by atoms with van der Waals surface area (Å²) < 4.78 is 5.89. The molecular formula is C17H13N3O. The third-order valence-corrected chi connectivity index (χ3v) is 3.36. The molecule has 0 fully saturated rings. The van der Waals surface area contributed by atoms with E-state index in [4.69, 9.17) is 15.7 Å². The van der Waals surface area contributed by atoms with Crippen molar-refractivity contribution in [2.45, 2.75) is 6.92 Å². The first-order chi connectivity index (χ1) is 10.2. The van der Waals surface area contributed by atoms with Crippen LogP contribution in [-0.2, 0) is 0 Å². The summed E-state index contributed by atoms with van der Waals surface area (Å²) in [7, 11) is 0. The van der Waals surface area contributed by atoms with Gasteiger partial charge >= 0.3 is 0 Å². The van der Waals surface area contributed by atoms with Crippen molar-refractivity contribution in [2.24, 2.45) is 0 Å². The number of rotatable bonds is 2. The van der Waals surface area contributed by atoms with Crippen LogP contribution in [0.3, 0.4) is 0 Å². The zero-order valence-corrected chi connectivity index (χ0v) is 11.5. The van der Waals surface area contributed by atoms with Crippen LogP contribution in [0.5, 0.6) is 11.5 Å². The van der Waals surface area contributed by atoms with E-state index in [9.17, 15) is 0 Å². The number of nitrogens with two attached hydrogens (primary N) is 1. The Morgan fingerprint density at radius 1 is 1.14 bits per heavy atom. The number of fused-ring (bicyclic) bond motifs is 1. The van der Waals surface area contributed by atoms with Gasteiger partial charge < -0.3 is 10.5 Å². The van der Waals surface area contributed by atoms with Crippen LogP contribution in [0, 0.1) is 18.3 Å². The van der Waals surface area contributed by atoms with E-state index in [1.165, 1.54) is 0 Å². The topological polar surface area (TPSA) is 71.9 Å². The van der Waals surface area contributed by atoms with Crippen LogP contribution < -0.4 is 10.5 Å². The highest BCUT2D eigenvalue weighted by Gasteiger charge is 2.09. The molecule has 0 spiro atoms. The number of nitrogens with zero attached hydrogens (tertiary/aromatic N) is 2. The maximum Gasteiger partial charge on any atom is 0.150 e. The first-order valence-electron chi connectivity index (χ1n) is 6.50. The minimum absolute atomic E-state index is 0.555.